The highest BCUT2D eigenvalue weighted by atomic mass is 32.2. The lowest BCUT2D eigenvalue weighted by Gasteiger charge is -2.13. The Morgan fingerprint density at radius 2 is 1.75 bits per heavy atom. The van der Waals surface area contributed by atoms with E-state index < -0.39 is 46.7 Å². The number of nitrogens with zero attached hydrogens (tertiary/aromatic N) is 1. The molecule has 0 saturated carbocycles. The molecule has 3 amide bonds. The Morgan fingerprint density at radius 1 is 1.07 bits per heavy atom. The summed E-state index contributed by atoms with van der Waals surface area (Å²) in [6.07, 6.45) is 1.53. The van der Waals surface area contributed by atoms with Gasteiger partial charge in [-0.2, -0.15) is 0 Å². The number of halogens is 3. The first-order chi connectivity index (χ1) is 13.3. The summed E-state index contributed by atoms with van der Waals surface area (Å²) in [6, 6.07) is 8.75. The number of aryl methyl sites for hydroxylation is 1. The van der Waals surface area contributed by atoms with Crippen LogP contribution in [0.4, 0.5) is 23.7 Å². The maximum Gasteiger partial charge on any atom is 0.294 e. The highest BCUT2D eigenvalue weighted by molar-refractivity contribution is 8.18. The monoisotopic (exact) mass is 406 g/mol. The van der Waals surface area contributed by atoms with Crippen LogP contribution in [0.1, 0.15) is 11.1 Å². The Morgan fingerprint density at radius 3 is 2.43 bits per heavy atom. The third-order valence-electron chi connectivity index (χ3n) is 3.86. The van der Waals surface area contributed by atoms with Gasteiger partial charge >= 0.3 is 0 Å². The molecule has 0 unspecified atom stereocenters. The van der Waals surface area contributed by atoms with Gasteiger partial charge in [-0.05, 0) is 42.5 Å². The van der Waals surface area contributed by atoms with Crippen molar-refractivity contribution in [2.75, 3.05) is 11.9 Å². The van der Waals surface area contributed by atoms with Crippen molar-refractivity contribution >= 4 is 40.6 Å². The second-order valence-electron chi connectivity index (χ2n) is 5.95. The predicted molar refractivity (Wildman–Crippen MR) is 98.8 cm³/mol. The number of imide groups is 1. The molecule has 0 spiro atoms. The van der Waals surface area contributed by atoms with Crippen LogP contribution in [0.5, 0.6) is 0 Å². The first-order valence-electron chi connectivity index (χ1n) is 8.01. The molecule has 1 aliphatic rings. The molecule has 0 atom stereocenters. The second kappa shape index (κ2) is 7.89. The highest BCUT2D eigenvalue weighted by Crippen LogP contribution is 2.32. The minimum atomic E-state index is -1.73. The van der Waals surface area contributed by atoms with Gasteiger partial charge in [0.1, 0.15) is 6.54 Å². The van der Waals surface area contributed by atoms with Crippen LogP contribution in [0, 0.1) is 24.4 Å². The number of anilines is 1. The number of carbonyl (C=O) groups excluding carboxylic acids is 3. The van der Waals surface area contributed by atoms with Crippen molar-refractivity contribution in [3.05, 3.63) is 69.9 Å². The summed E-state index contributed by atoms with van der Waals surface area (Å²) in [5.41, 5.74) is 1.15. The van der Waals surface area contributed by atoms with Crippen LogP contribution in [-0.2, 0) is 9.59 Å². The molecule has 1 heterocycles. The molecule has 1 saturated heterocycles. The van der Waals surface area contributed by atoms with Gasteiger partial charge in [-0.3, -0.25) is 19.3 Å². The van der Waals surface area contributed by atoms with Crippen LogP contribution >= 0.6 is 11.8 Å². The minimum Gasteiger partial charge on any atom is -0.322 e. The van der Waals surface area contributed by atoms with Crippen molar-refractivity contribution in [2.45, 2.75) is 6.92 Å². The van der Waals surface area contributed by atoms with E-state index in [1.54, 1.807) is 12.1 Å². The van der Waals surface area contributed by atoms with Gasteiger partial charge in [-0.15, -0.1) is 0 Å². The van der Waals surface area contributed by atoms with Crippen molar-refractivity contribution in [1.82, 2.24) is 4.90 Å². The van der Waals surface area contributed by atoms with Gasteiger partial charge in [0, 0.05) is 0 Å². The van der Waals surface area contributed by atoms with Crippen molar-refractivity contribution in [2.24, 2.45) is 0 Å². The number of benzene rings is 2. The quantitative estimate of drug-likeness (QED) is 0.614. The molecular weight excluding hydrogens is 393 g/mol. The zero-order valence-corrected chi connectivity index (χ0v) is 15.3. The number of hydrogen-bond acceptors (Lipinski definition) is 4. The number of carbonyl (C=O) groups is 3. The minimum absolute atomic E-state index is 0.140. The SMILES string of the molecule is Cc1ccc(/C=C2/SC(=O)N(CC(=O)Nc3ccc(F)c(F)c3F)C2=O)cc1. The third kappa shape index (κ3) is 4.09. The van der Waals surface area contributed by atoms with Crippen molar-refractivity contribution in [3.63, 3.8) is 0 Å². The van der Waals surface area contributed by atoms with Crippen LogP contribution in [0.2, 0.25) is 0 Å². The molecular formula is C19H13F3N2O3S. The van der Waals surface area contributed by atoms with E-state index in [1.165, 1.54) is 6.08 Å². The lowest BCUT2D eigenvalue weighted by Crippen LogP contribution is -2.36. The van der Waals surface area contributed by atoms with Crippen LogP contribution in [0.3, 0.4) is 0 Å². The Labute approximate surface area is 162 Å². The molecule has 0 radical (unpaired) electrons. The van der Waals surface area contributed by atoms with Crippen molar-refractivity contribution < 1.29 is 27.6 Å². The number of thioether (sulfide) groups is 1. The number of amides is 3. The van der Waals surface area contributed by atoms with Gasteiger partial charge in [0.05, 0.1) is 10.6 Å². The second-order valence-corrected chi connectivity index (χ2v) is 6.94. The average Bonchev–Trinajstić information content (AvgIpc) is 2.91. The van der Waals surface area contributed by atoms with Crippen molar-refractivity contribution in [1.29, 1.82) is 0 Å². The largest absolute Gasteiger partial charge is 0.322 e. The summed E-state index contributed by atoms with van der Waals surface area (Å²) in [4.78, 5) is 37.3. The summed E-state index contributed by atoms with van der Waals surface area (Å²) in [5.74, 6) is -6.30. The standard InChI is InChI=1S/C19H13F3N2O3S/c1-10-2-4-11(5-3-10)8-14-18(26)24(19(27)28-14)9-15(25)23-13-7-6-12(20)16(21)17(13)22/h2-8H,9H2,1H3,(H,23,25)/b14-8+. The fourth-order valence-electron chi connectivity index (χ4n) is 2.41. The van der Waals surface area contributed by atoms with Gasteiger partial charge in [0.25, 0.3) is 11.1 Å². The van der Waals surface area contributed by atoms with Crippen LogP contribution in [0.25, 0.3) is 6.08 Å². The van der Waals surface area contributed by atoms with E-state index in [0.717, 1.165) is 11.6 Å². The predicted octanol–water partition coefficient (Wildman–Crippen LogP) is 4.09. The molecule has 1 N–H and O–H groups in total. The summed E-state index contributed by atoms with van der Waals surface area (Å²) in [6.45, 7) is 1.22. The maximum atomic E-state index is 13.6. The molecule has 144 valence electrons. The molecule has 1 aliphatic heterocycles. The molecule has 28 heavy (non-hydrogen) atoms. The van der Waals surface area contributed by atoms with Crippen LogP contribution in [0.15, 0.2) is 41.3 Å². The molecule has 9 heteroatoms. The first-order valence-corrected chi connectivity index (χ1v) is 8.83. The zero-order valence-electron chi connectivity index (χ0n) is 14.5. The van der Waals surface area contributed by atoms with Gasteiger partial charge < -0.3 is 5.32 Å². The summed E-state index contributed by atoms with van der Waals surface area (Å²) >= 11 is 0.672. The zero-order chi connectivity index (χ0) is 20.4. The van der Waals surface area contributed by atoms with E-state index in [4.69, 9.17) is 0 Å². The van der Waals surface area contributed by atoms with E-state index in [0.29, 0.717) is 28.3 Å². The topological polar surface area (TPSA) is 66.5 Å². The molecule has 2 aromatic rings. The number of hydrogen-bond donors (Lipinski definition) is 1. The average molecular weight is 406 g/mol. The van der Waals surface area contributed by atoms with Crippen LogP contribution in [-0.4, -0.2) is 28.5 Å². The van der Waals surface area contributed by atoms with Crippen molar-refractivity contribution in [3.8, 4) is 0 Å². The fraction of sp³-hybridized carbons (Fsp3) is 0.105. The lowest BCUT2D eigenvalue weighted by molar-refractivity contribution is -0.127. The van der Waals surface area contributed by atoms with E-state index in [1.807, 2.05) is 24.4 Å². The highest BCUT2D eigenvalue weighted by Gasteiger charge is 2.36. The molecule has 3 rings (SSSR count). The Bertz CT molecular complexity index is 1010. The molecule has 2 aromatic carbocycles. The Kier molecular flexibility index (Phi) is 5.55. The van der Waals surface area contributed by atoms with Gasteiger partial charge in [-0.1, -0.05) is 29.8 Å². The van der Waals surface area contributed by atoms with E-state index in [-0.39, 0.29) is 4.91 Å². The van der Waals surface area contributed by atoms with Gasteiger partial charge in [0.15, 0.2) is 17.5 Å². The third-order valence-corrected chi connectivity index (χ3v) is 4.77. The lowest BCUT2D eigenvalue weighted by atomic mass is 10.1. The van der Waals surface area contributed by atoms with Gasteiger partial charge in [-0.25, -0.2) is 13.2 Å². The van der Waals surface area contributed by atoms with E-state index in [9.17, 15) is 27.6 Å². The molecule has 5 nitrogen and oxygen atoms in total. The molecule has 1 fully saturated rings. The number of nitrogens with one attached hydrogen (secondary N) is 1. The summed E-state index contributed by atoms with van der Waals surface area (Å²) in [5, 5.41) is 1.36. The molecule has 0 aliphatic carbocycles. The van der Waals surface area contributed by atoms with Gasteiger partial charge in [0.2, 0.25) is 5.91 Å². The fourth-order valence-corrected chi connectivity index (χ4v) is 3.24. The molecule has 0 bridgehead atoms. The maximum absolute atomic E-state index is 13.6. The Hall–Kier alpha value is -3.07. The normalized spacial score (nSPS) is 15.4. The first kappa shape index (κ1) is 19.7. The van der Waals surface area contributed by atoms with Crippen LogP contribution < -0.4 is 5.32 Å². The van der Waals surface area contributed by atoms with E-state index in [2.05, 4.69) is 0 Å². The Balaban J connectivity index is 1.71. The smallest absolute Gasteiger partial charge is 0.294 e. The van der Waals surface area contributed by atoms with E-state index >= 15 is 0 Å². The molecule has 0 aromatic heterocycles. The number of rotatable bonds is 4. The summed E-state index contributed by atoms with van der Waals surface area (Å²) in [7, 11) is 0. The summed E-state index contributed by atoms with van der Waals surface area (Å²) < 4.78 is 39.8.